The zero-order valence-electron chi connectivity index (χ0n) is 17.5. The third kappa shape index (κ3) is 4.68. The Morgan fingerprint density at radius 2 is 1.97 bits per heavy atom. The van der Waals surface area contributed by atoms with Gasteiger partial charge in [-0.05, 0) is 45.5 Å². The largest absolute Gasteiger partial charge is 0.480 e. The molecule has 1 N–H and O–H groups in total. The molecule has 1 aromatic heterocycles. The molecule has 1 fully saturated rings. The number of carbonyl (C=O) groups excluding carboxylic acids is 1. The molecule has 1 aromatic carbocycles. The number of carboxylic acids is 1. The average molecular weight is 399 g/mol. The first-order chi connectivity index (χ1) is 13.8. The van der Waals surface area contributed by atoms with E-state index in [-0.39, 0.29) is 18.6 Å². The molecule has 29 heavy (non-hydrogen) atoms. The van der Waals surface area contributed by atoms with Gasteiger partial charge in [-0.25, -0.2) is 0 Å². The van der Waals surface area contributed by atoms with E-state index in [0.29, 0.717) is 31.8 Å². The van der Waals surface area contributed by atoms with Gasteiger partial charge in [0.1, 0.15) is 0 Å². The van der Waals surface area contributed by atoms with Crippen LogP contribution in [0.5, 0.6) is 0 Å². The lowest BCUT2D eigenvalue weighted by molar-refractivity contribution is -0.138. The maximum absolute atomic E-state index is 13.3. The summed E-state index contributed by atoms with van der Waals surface area (Å²) in [5.74, 6) is -0.882. The molecule has 1 saturated heterocycles. The SMILES string of the molecule is Cc1ccccc1-n1c(C)cc(C(=O)N2CCOC(CN(C)CC(=O)O)C2)c1C. The van der Waals surface area contributed by atoms with Gasteiger partial charge < -0.3 is 19.3 Å². The number of hydrogen-bond donors (Lipinski definition) is 1. The van der Waals surface area contributed by atoms with Crippen molar-refractivity contribution in [1.82, 2.24) is 14.4 Å². The summed E-state index contributed by atoms with van der Waals surface area (Å²) in [6.45, 7) is 7.92. The number of para-hydroxylation sites is 1. The van der Waals surface area contributed by atoms with Crippen LogP contribution in [0.3, 0.4) is 0 Å². The van der Waals surface area contributed by atoms with Crippen LogP contribution in [-0.4, -0.2) is 77.3 Å². The minimum absolute atomic E-state index is 0.00729. The summed E-state index contributed by atoms with van der Waals surface area (Å²) in [5.41, 5.74) is 4.88. The molecular formula is C22H29N3O4. The predicted octanol–water partition coefficient (Wildman–Crippen LogP) is 2.26. The molecule has 156 valence electrons. The van der Waals surface area contributed by atoms with E-state index < -0.39 is 5.97 Å². The number of morpholine rings is 1. The van der Waals surface area contributed by atoms with E-state index in [9.17, 15) is 9.59 Å². The molecule has 1 aliphatic rings. The number of aromatic nitrogens is 1. The number of ether oxygens (including phenoxy) is 1. The molecule has 1 amide bonds. The van der Waals surface area contributed by atoms with Gasteiger partial charge in [-0.15, -0.1) is 0 Å². The first kappa shape index (κ1) is 21.1. The molecular weight excluding hydrogens is 370 g/mol. The number of hydrogen-bond acceptors (Lipinski definition) is 4. The highest BCUT2D eigenvalue weighted by atomic mass is 16.5. The topological polar surface area (TPSA) is 75.0 Å². The Balaban J connectivity index is 1.78. The standard InChI is InChI=1S/C22H29N3O4/c1-15-7-5-6-8-20(15)25-16(2)11-19(17(25)3)22(28)24-9-10-29-18(13-24)12-23(4)14-21(26)27/h5-8,11,18H,9-10,12-14H2,1-4H3,(H,26,27). The fraction of sp³-hybridized carbons (Fsp3) is 0.455. The fourth-order valence-electron chi connectivity index (χ4n) is 3.99. The van der Waals surface area contributed by atoms with E-state index in [4.69, 9.17) is 9.84 Å². The second-order valence-electron chi connectivity index (χ2n) is 7.74. The number of aryl methyl sites for hydroxylation is 2. The molecule has 0 radical (unpaired) electrons. The van der Waals surface area contributed by atoms with Crippen LogP contribution in [0.15, 0.2) is 30.3 Å². The third-order valence-electron chi connectivity index (χ3n) is 5.36. The fourth-order valence-corrected chi connectivity index (χ4v) is 3.99. The van der Waals surface area contributed by atoms with Crippen LogP contribution in [0.4, 0.5) is 0 Å². The highest BCUT2D eigenvalue weighted by molar-refractivity contribution is 5.96. The van der Waals surface area contributed by atoms with Gasteiger partial charge in [-0.3, -0.25) is 14.5 Å². The normalized spacial score (nSPS) is 17.0. The average Bonchev–Trinajstić information content (AvgIpc) is 2.95. The van der Waals surface area contributed by atoms with Crippen molar-refractivity contribution in [2.75, 3.05) is 39.8 Å². The lowest BCUT2D eigenvalue weighted by Crippen LogP contribution is -2.49. The van der Waals surface area contributed by atoms with Crippen LogP contribution in [0.2, 0.25) is 0 Å². The molecule has 0 aliphatic carbocycles. The van der Waals surface area contributed by atoms with Gasteiger partial charge in [-0.1, -0.05) is 18.2 Å². The number of likely N-dealkylation sites (N-methyl/N-ethyl adjacent to an activating group) is 1. The molecule has 1 aliphatic heterocycles. The Bertz CT molecular complexity index is 905. The Kier molecular flexibility index (Phi) is 6.39. The second kappa shape index (κ2) is 8.80. The zero-order chi connectivity index (χ0) is 21.1. The summed E-state index contributed by atoms with van der Waals surface area (Å²) in [6.07, 6.45) is -0.197. The van der Waals surface area contributed by atoms with E-state index >= 15 is 0 Å². The van der Waals surface area contributed by atoms with E-state index in [1.54, 1.807) is 11.9 Å². The number of aliphatic carboxylic acids is 1. The van der Waals surface area contributed by atoms with Crippen molar-refractivity contribution in [3.63, 3.8) is 0 Å². The van der Waals surface area contributed by atoms with Gasteiger partial charge in [0.25, 0.3) is 5.91 Å². The first-order valence-electron chi connectivity index (χ1n) is 9.84. The minimum Gasteiger partial charge on any atom is -0.480 e. The van der Waals surface area contributed by atoms with Crippen LogP contribution in [0.1, 0.15) is 27.3 Å². The van der Waals surface area contributed by atoms with Crippen molar-refractivity contribution < 1.29 is 19.4 Å². The van der Waals surface area contributed by atoms with Crippen molar-refractivity contribution in [2.45, 2.75) is 26.9 Å². The molecule has 1 atom stereocenters. The molecule has 0 bridgehead atoms. The first-order valence-corrected chi connectivity index (χ1v) is 9.84. The molecule has 7 nitrogen and oxygen atoms in total. The van der Waals surface area contributed by atoms with Crippen LogP contribution < -0.4 is 0 Å². The summed E-state index contributed by atoms with van der Waals surface area (Å²) in [4.78, 5) is 27.6. The van der Waals surface area contributed by atoms with Crippen LogP contribution in [-0.2, 0) is 9.53 Å². The van der Waals surface area contributed by atoms with Crippen LogP contribution in [0, 0.1) is 20.8 Å². The molecule has 0 saturated carbocycles. The number of carbonyl (C=O) groups is 2. The number of rotatable bonds is 6. The van der Waals surface area contributed by atoms with Crippen molar-refractivity contribution in [1.29, 1.82) is 0 Å². The highest BCUT2D eigenvalue weighted by Gasteiger charge is 2.28. The second-order valence-corrected chi connectivity index (χ2v) is 7.74. The molecule has 3 rings (SSSR count). The van der Waals surface area contributed by atoms with E-state index in [1.165, 1.54) is 0 Å². The summed E-state index contributed by atoms with van der Waals surface area (Å²) in [6, 6.07) is 10.1. The predicted molar refractivity (Wildman–Crippen MR) is 111 cm³/mol. The number of nitrogens with zero attached hydrogens (tertiary/aromatic N) is 3. The summed E-state index contributed by atoms with van der Waals surface area (Å²) in [5, 5.41) is 8.93. The number of carboxylic acid groups (broad SMARTS) is 1. The number of benzene rings is 1. The van der Waals surface area contributed by atoms with Gasteiger partial charge in [0.15, 0.2) is 0 Å². The highest BCUT2D eigenvalue weighted by Crippen LogP contribution is 2.24. The summed E-state index contributed by atoms with van der Waals surface area (Å²) in [7, 11) is 1.74. The minimum atomic E-state index is -0.875. The smallest absolute Gasteiger partial charge is 0.317 e. The number of amides is 1. The van der Waals surface area contributed by atoms with Gasteiger partial charge >= 0.3 is 5.97 Å². The molecule has 2 heterocycles. The maximum Gasteiger partial charge on any atom is 0.317 e. The van der Waals surface area contributed by atoms with Gasteiger partial charge in [0.2, 0.25) is 0 Å². The lowest BCUT2D eigenvalue weighted by Gasteiger charge is -2.34. The van der Waals surface area contributed by atoms with Gasteiger partial charge in [0, 0.05) is 36.7 Å². The molecule has 7 heteroatoms. The Labute approximate surface area is 171 Å². The van der Waals surface area contributed by atoms with Crippen molar-refractivity contribution in [3.05, 3.63) is 52.8 Å². The quantitative estimate of drug-likeness (QED) is 0.807. The van der Waals surface area contributed by atoms with Gasteiger partial charge in [0.05, 0.1) is 24.8 Å². The Morgan fingerprint density at radius 3 is 2.66 bits per heavy atom. The maximum atomic E-state index is 13.3. The Hall–Kier alpha value is -2.64. The molecule has 1 unspecified atom stereocenters. The van der Waals surface area contributed by atoms with E-state index in [2.05, 4.69) is 23.6 Å². The third-order valence-corrected chi connectivity index (χ3v) is 5.36. The van der Waals surface area contributed by atoms with E-state index in [0.717, 1.165) is 22.6 Å². The van der Waals surface area contributed by atoms with Crippen LogP contribution in [0.25, 0.3) is 5.69 Å². The molecule has 0 spiro atoms. The zero-order valence-corrected chi connectivity index (χ0v) is 17.5. The van der Waals surface area contributed by atoms with Gasteiger partial charge in [-0.2, -0.15) is 0 Å². The van der Waals surface area contributed by atoms with Crippen molar-refractivity contribution >= 4 is 11.9 Å². The Morgan fingerprint density at radius 1 is 1.24 bits per heavy atom. The van der Waals surface area contributed by atoms with E-state index in [1.807, 2.05) is 36.9 Å². The summed E-state index contributed by atoms with van der Waals surface area (Å²) >= 11 is 0. The monoisotopic (exact) mass is 399 g/mol. The van der Waals surface area contributed by atoms with Crippen molar-refractivity contribution in [2.24, 2.45) is 0 Å². The van der Waals surface area contributed by atoms with Crippen molar-refractivity contribution in [3.8, 4) is 5.69 Å². The molecule has 2 aromatic rings. The van der Waals surface area contributed by atoms with Crippen LogP contribution >= 0.6 is 0 Å². The summed E-state index contributed by atoms with van der Waals surface area (Å²) < 4.78 is 7.88. The lowest BCUT2D eigenvalue weighted by atomic mass is 10.1.